The van der Waals surface area contributed by atoms with E-state index < -0.39 is 17.7 Å². The van der Waals surface area contributed by atoms with E-state index in [4.69, 9.17) is 4.74 Å². The van der Waals surface area contributed by atoms with Crippen LogP contribution in [0.3, 0.4) is 0 Å². The molecule has 1 atom stereocenters. The van der Waals surface area contributed by atoms with Crippen molar-refractivity contribution in [3.8, 4) is 5.75 Å². The number of aromatic hydroxyl groups is 1. The molecule has 0 saturated carbocycles. The monoisotopic (exact) mass is 373 g/mol. The van der Waals surface area contributed by atoms with Crippen LogP contribution < -0.4 is 0 Å². The topological polar surface area (TPSA) is 87.1 Å². The maximum atomic E-state index is 12.9. The molecule has 0 spiro atoms. The Labute approximate surface area is 155 Å². The van der Waals surface area contributed by atoms with E-state index in [-0.39, 0.29) is 17.1 Å². The molecule has 0 radical (unpaired) electrons. The molecule has 26 heavy (non-hydrogen) atoms. The van der Waals surface area contributed by atoms with Gasteiger partial charge in [-0.05, 0) is 35.6 Å². The zero-order valence-electron chi connectivity index (χ0n) is 14.2. The molecule has 0 fully saturated rings. The van der Waals surface area contributed by atoms with Crippen molar-refractivity contribution in [1.82, 2.24) is 4.90 Å². The number of thiophene rings is 1. The van der Waals surface area contributed by atoms with Crippen LogP contribution in [0.4, 0.5) is 0 Å². The highest BCUT2D eigenvalue weighted by molar-refractivity contribution is 7.12. The van der Waals surface area contributed by atoms with E-state index in [2.05, 4.69) is 0 Å². The van der Waals surface area contributed by atoms with Crippen LogP contribution >= 0.6 is 11.3 Å². The van der Waals surface area contributed by atoms with Gasteiger partial charge in [-0.1, -0.05) is 18.2 Å². The van der Waals surface area contributed by atoms with Crippen LogP contribution in [0.1, 0.15) is 27.7 Å². The average molecular weight is 373 g/mol. The molecule has 7 heteroatoms. The van der Waals surface area contributed by atoms with Crippen molar-refractivity contribution < 1.29 is 24.5 Å². The first-order valence-electron chi connectivity index (χ1n) is 8.14. The first-order valence-corrected chi connectivity index (χ1v) is 9.02. The van der Waals surface area contributed by atoms with Gasteiger partial charge in [-0.2, -0.15) is 0 Å². The summed E-state index contributed by atoms with van der Waals surface area (Å²) in [6.45, 7) is 0.796. The highest BCUT2D eigenvalue weighted by atomic mass is 32.1. The summed E-state index contributed by atoms with van der Waals surface area (Å²) in [6, 6.07) is 9.01. The lowest BCUT2D eigenvalue weighted by atomic mass is 9.95. The van der Waals surface area contributed by atoms with Crippen LogP contribution in [0.2, 0.25) is 0 Å². The van der Waals surface area contributed by atoms with Gasteiger partial charge < -0.3 is 19.8 Å². The molecule has 2 N–H and O–H groups in total. The molecule has 136 valence electrons. The number of hydrogen-bond donors (Lipinski definition) is 2. The molecule has 1 amide bonds. The second-order valence-corrected chi connectivity index (χ2v) is 6.86. The molecule has 1 unspecified atom stereocenters. The lowest BCUT2D eigenvalue weighted by molar-refractivity contribution is -0.129. The molecule has 0 saturated heterocycles. The summed E-state index contributed by atoms with van der Waals surface area (Å²) in [5.74, 6) is -1.36. The minimum absolute atomic E-state index is 0.0700. The molecule has 2 heterocycles. The first-order chi connectivity index (χ1) is 12.5. The number of aliphatic hydroxyl groups is 1. The number of carbonyl (C=O) groups is 2. The third-order valence-corrected chi connectivity index (χ3v) is 5.12. The summed E-state index contributed by atoms with van der Waals surface area (Å²) in [6.07, 6.45) is 0.574. The predicted octanol–water partition coefficient (Wildman–Crippen LogP) is 3.07. The number of amides is 1. The van der Waals surface area contributed by atoms with E-state index in [1.807, 2.05) is 0 Å². The standard InChI is InChI=1S/C19H19NO5S/c1-25-10-3-9-20-16(12-5-7-13(21)8-6-12)15(18(23)19(20)24)17(22)14-4-2-11-26-14/h2,4-8,11,16,21,23H,3,9-10H2,1H3. The van der Waals surface area contributed by atoms with Crippen LogP contribution in [0.25, 0.3) is 0 Å². The van der Waals surface area contributed by atoms with Crippen molar-refractivity contribution >= 4 is 23.0 Å². The van der Waals surface area contributed by atoms with Crippen LogP contribution in [0.15, 0.2) is 53.1 Å². The maximum Gasteiger partial charge on any atom is 0.290 e. The number of benzene rings is 1. The number of methoxy groups -OCH3 is 1. The summed E-state index contributed by atoms with van der Waals surface area (Å²) in [5, 5.41) is 21.7. The normalized spacial score (nSPS) is 17.2. The second-order valence-electron chi connectivity index (χ2n) is 5.91. The molecule has 0 bridgehead atoms. The molecule has 3 rings (SSSR count). The van der Waals surface area contributed by atoms with Crippen molar-refractivity contribution in [3.63, 3.8) is 0 Å². The second kappa shape index (κ2) is 7.72. The number of hydrogen-bond acceptors (Lipinski definition) is 6. The van der Waals surface area contributed by atoms with Gasteiger partial charge in [-0.3, -0.25) is 9.59 Å². The van der Waals surface area contributed by atoms with Crippen molar-refractivity contribution in [3.05, 3.63) is 63.6 Å². The summed E-state index contributed by atoms with van der Waals surface area (Å²) < 4.78 is 5.04. The summed E-state index contributed by atoms with van der Waals surface area (Å²) in [4.78, 5) is 27.5. The number of rotatable bonds is 7. The van der Waals surface area contributed by atoms with Crippen molar-refractivity contribution in [2.24, 2.45) is 0 Å². The van der Waals surface area contributed by atoms with Gasteiger partial charge in [-0.15, -0.1) is 11.3 Å². The Bertz CT molecular complexity index is 826. The molecule has 6 nitrogen and oxygen atoms in total. The van der Waals surface area contributed by atoms with Crippen molar-refractivity contribution in [1.29, 1.82) is 0 Å². The zero-order chi connectivity index (χ0) is 18.7. The molecule has 1 aromatic heterocycles. The molecule has 1 aromatic carbocycles. The maximum absolute atomic E-state index is 12.9. The van der Waals surface area contributed by atoms with Crippen molar-refractivity contribution in [2.45, 2.75) is 12.5 Å². The first kappa shape index (κ1) is 18.2. The molecule has 1 aliphatic heterocycles. The Morgan fingerprint density at radius 1 is 1.23 bits per heavy atom. The van der Waals surface area contributed by atoms with Gasteiger partial charge in [0, 0.05) is 20.3 Å². The molecular weight excluding hydrogens is 354 g/mol. The van der Waals surface area contributed by atoms with Gasteiger partial charge in [0.15, 0.2) is 5.76 Å². The van der Waals surface area contributed by atoms with Crippen LogP contribution in [0.5, 0.6) is 5.75 Å². The number of Topliss-reactive ketones (excluding diaryl/α,β-unsaturated/α-hetero) is 1. The number of carbonyl (C=O) groups excluding carboxylic acids is 2. The minimum atomic E-state index is -0.699. The number of nitrogens with zero attached hydrogens (tertiary/aromatic N) is 1. The van der Waals surface area contributed by atoms with E-state index in [0.29, 0.717) is 30.0 Å². The van der Waals surface area contributed by atoms with Gasteiger partial charge in [0.2, 0.25) is 5.78 Å². The molecule has 0 aliphatic carbocycles. The van der Waals surface area contributed by atoms with E-state index in [1.54, 1.807) is 36.8 Å². The molecular formula is C19H19NO5S. The lowest BCUT2D eigenvalue weighted by Crippen LogP contribution is -2.32. The van der Waals surface area contributed by atoms with E-state index in [0.717, 1.165) is 0 Å². The molecule has 1 aliphatic rings. The zero-order valence-corrected chi connectivity index (χ0v) is 15.0. The quantitative estimate of drug-likeness (QED) is 0.575. The highest BCUT2D eigenvalue weighted by Crippen LogP contribution is 2.39. The Balaban J connectivity index is 2.02. The fourth-order valence-electron chi connectivity index (χ4n) is 3.04. The lowest BCUT2D eigenvalue weighted by Gasteiger charge is -2.26. The number of ether oxygens (including phenoxy) is 1. The van der Waals surface area contributed by atoms with Crippen LogP contribution in [-0.2, 0) is 9.53 Å². The van der Waals surface area contributed by atoms with Gasteiger partial charge >= 0.3 is 0 Å². The fraction of sp³-hybridized carbons (Fsp3) is 0.263. The third kappa shape index (κ3) is 3.36. The fourth-order valence-corrected chi connectivity index (χ4v) is 3.72. The van der Waals surface area contributed by atoms with E-state index in [9.17, 15) is 19.8 Å². The number of phenols is 1. The summed E-state index contributed by atoms with van der Waals surface area (Å²) in [7, 11) is 1.57. The van der Waals surface area contributed by atoms with Crippen LogP contribution in [0, 0.1) is 0 Å². The van der Waals surface area contributed by atoms with Crippen LogP contribution in [-0.4, -0.2) is 47.1 Å². The Morgan fingerprint density at radius 3 is 2.58 bits per heavy atom. The number of aliphatic hydroxyl groups excluding tert-OH is 1. The van der Waals surface area contributed by atoms with E-state index in [1.165, 1.54) is 28.4 Å². The average Bonchev–Trinajstić information content (AvgIpc) is 3.25. The van der Waals surface area contributed by atoms with Gasteiger partial charge in [0.05, 0.1) is 16.5 Å². The highest BCUT2D eigenvalue weighted by Gasteiger charge is 2.43. The van der Waals surface area contributed by atoms with Gasteiger partial charge in [0.25, 0.3) is 5.91 Å². The smallest absolute Gasteiger partial charge is 0.290 e. The Hall–Kier alpha value is -2.64. The van der Waals surface area contributed by atoms with Gasteiger partial charge in [0.1, 0.15) is 5.75 Å². The van der Waals surface area contributed by atoms with Gasteiger partial charge in [-0.25, -0.2) is 0 Å². The summed E-state index contributed by atoms with van der Waals surface area (Å²) in [5.41, 5.74) is 0.720. The number of phenolic OH excluding ortho intramolecular Hbond substituents is 1. The SMILES string of the molecule is COCCCN1C(=O)C(O)=C(C(=O)c2cccs2)C1c1ccc(O)cc1. The third-order valence-electron chi connectivity index (χ3n) is 4.25. The van der Waals surface area contributed by atoms with E-state index >= 15 is 0 Å². The van der Waals surface area contributed by atoms with Crippen molar-refractivity contribution in [2.75, 3.05) is 20.3 Å². The molecule has 2 aromatic rings. The largest absolute Gasteiger partial charge is 0.508 e. The number of ketones is 1. The Morgan fingerprint density at radius 2 is 1.96 bits per heavy atom. The predicted molar refractivity (Wildman–Crippen MR) is 97.4 cm³/mol. The Kier molecular flexibility index (Phi) is 5.39. The minimum Gasteiger partial charge on any atom is -0.508 e. The summed E-state index contributed by atoms with van der Waals surface area (Å²) >= 11 is 1.26.